The molecule has 0 radical (unpaired) electrons. The van der Waals surface area contributed by atoms with E-state index < -0.39 is 6.10 Å². The summed E-state index contributed by atoms with van der Waals surface area (Å²) in [4.78, 5) is 2.34. The van der Waals surface area contributed by atoms with Gasteiger partial charge < -0.3 is 15.2 Å². The average Bonchev–Trinajstić information content (AvgIpc) is 2.54. The van der Waals surface area contributed by atoms with Gasteiger partial charge in [-0.2, -0.15) is 0 Å². The van der Waals surface area contributed by atoms with Crippen molar-refractivity contribution in [1.82, 2.24) is 10.2 Å². The normalized spacial score (nSPS) is 18.0. The molecule has 0 aromatic heterocycles. The summed E-state index contributed by atoms with van der Waals surface area (Å²) in [5.74, 6) is 0.991. The molecule has 4 heteroatoms. The molecule has 1 aromatic rings. The third kappa shape index (κ3) is 5.21. The molecule has 2 rings (SSSR count). The van der Waals surface area contributed by atoms with Crippen LogP contribution in [0.5, 0.6) is 5.75 Å². The summed E-state index contributed by atoms with van der Waals surface area (Å²) in [6.45, 7) is 20.6. The van der Waals surface area contributed by atoms with Crippen LogP contribution >= 0.6 is 0 Å². The highest BCUT2D eigenvalue weighted by molar-refractivity contribution is 5.51. The Hall–Kier alpha value is -1.10. The maximum Gasteiger partial charge on any atom is 0.126 e. The van der Waals surface area contributed by atoms with Gasteiger partial charge in [0.15, 0.2) is 0 Å². The molecule has 1 aliphatic rings. The van der Waals surface area contributed by atoms with Crippen molar-refractivity contribution in [1.29, 1.82) is 0 Å². The van der Waals surface area contributed by atoms with E-state index in [2.05, 4.69) is 63.9 Å². The van der Waals surface area contributed by atoms with Gasteiger partial charge in [-0.1, -0.05) is 41.5 Å². The zero-order valence-corrected chi connectivity index (χ0v) is 17.8. The lowest BCUT2D eigenvalue weighted by molar-refractivity contribution is 0.105. The third-order valence-corrected chi connectivity index (χ3v) is 5.04. The summed E-state index contributed by atoms with van der Waals surface area (Å²) in [5, 5.41) is 14.3. The number of aliphatic hydroxyl groups is 1. The van der Waals surface area contributed by atoms with Gasteiger partial charge in [0.2, 0.25) is 0 Å². The lowest BCUT2D eigenvalue weighted by Gasteiger charge is -2.33. The second kappa shape index (κ2) is 8.28. The summed E-state index contributed by atoms with van der Waals surface area (Å²) in [7, 11) is 0. The van der Waals surface area contributed by atoms with E-state index in [1.165, 1.54) is 11.1 Å². The number of benzene rings is 1. The number of nitrogens with zero attached hydrogens (tertiary/aromatic N) is 1. The lowest BCUT2D eigenvalue weighted by Crippen LogP contribution is -2.45. The maximum absolute atomic E-state index is 11.0. The minimum absolute atomic E-state index is 0.0464. The van der Waals surface area contributed by atoms with Gasteiger partial charge in [-0.25, -0.2) is 0 Å². The van der Waals surface area contributed by atoms with E-state index in [4.69, 9.17) is 4.74 Å². The Bertz CT molecular complexity index is 558. The standard InChI is InChI=1S/C22H38N2O2/c1-8-26-20-17(21(2,3)4)13-16(14-18(20)22(5,6)7)19(25)15-24-11-9-23-10-12-24/h13-14,19,23,25H,8-12,15H2,1-7H3. The molecule has 1 fully saturated rings. The Labute approximate surface area is 159 Å². The highest BCUT2D eigenvalue weighted by Gasteiger charge is 2.29. The zero-order valence-electron chi connectivity index (χ0n) is 17.8. The van der Waals surface area contributed by atoms with E-state index in [0.29, 0.717) is 13.2 Å². The van der Waals surface area contributed by atoms with Crippen molar-refractivity contribution in [3.63, 3.8) is 0 Å². The minimum atomic E-state index is -0.481. The van der Waals surface area contributed by atoms with E-state index in [0.717, 1.165) is 37.5 Å². The Morgan fingerprint density at radius 3 is 1.96 bits per heavy atom. The van der Waals surface area contributed by atoms with Crippen molar-refractivity contribution in [2.75, 3.05) is 39.3 Å². The van der Waals surface area contributed by atoms with E-state index in [1.54, 1.807) is 0 Å². The molecule has 26 heavy (non-hydrogen) atoms. The summed E-state index contributed by atoms with van der Waals surface area (Å²) in [6, 6.07) is 4.32. The SMILES string of the molecule is CCOc1c(C(C)(C)C)cc(C(O)CN2CCNCC2)cc1C(C)(C)C. The molecule has 148 valence electrons. The van der Waals surface area contributed by atoms with E-state index in [1.807, 2.05) is 6.92 Å². The number of hydrogen-bond acceptors (Lipinski definition) is 4. The second-order valence-electron chi connectivity index (χ2n) is 9.44. The first kappa shape index (κ1) is 21.2. The fourth-order valence-corrected chi connectivity index (χ4v) is 3.50. The molecule has 1 atom stereocenters. The monoisotopic (exact) mass is 362 g/mol. The van der Waals surface area contributed by atoms with Crippen LogP contribution in [0.25, 0.3) is 0 Å². The Kier molecular flexibility index (Phi) is 6.75. The van der Waals surface area contributed by atoms with Crippen LogP contribution in [-0.4, -0.2) is 49.3 Å². The number of rotatable bonds is 5. The van der Waals surface area contributed by atoms with Crippen LogP contribution in [0, 0.1) is 0 Å². The van der Waals surface area contributed by atoms with Crippen LogP contribution in [0.3, 0.4) is 0 Å². The molecule has 0 spiro atoms. The predicted octanol–water partition coefficient (Wildman–Crippen LogP) is 3.62. The number of nitrogens with one attached hydrogen (secondary N) is 1. The van der Waals surface area contributed by atoms with Crippen molar-refractivity contribution < 1.29 is 9.84 Å². The highest BCUT2D eigenvalue weighted by Crippen LogP contribution is 2.41. The molecule has 1 unspecified atom stereocenters. The van der Waals surface area contributed by atoms with Crippen LogP contribution in [0.1, 0.15) is 71.3 Å². The topological polar surface area (TPSA) is 44.7 Å². The number of ether oxygens (including phenoxy) is 1. The smallest absolute Gasteiger partial charge is 0.126 e. The van der Waals surface area contributed by atoms with Crippen LogP contribution in [0.15, 0.2) is 12.1 Å². The fraction of sp³-hybridized carbons (Fsp3) is 0.727. The first-order chi connectivity index (χ1) is 12.0. The predicted molar refractivity (Wildman–Crippen MR) is 109 cm³/mol. The summed E-state index contributed by atoms with van der Waals surface area (Å²) in [5.41, 5.74) is 3.27. The van der Waals surface area contributed by atoms with Crippen LogP contribution in [0.4, 0.5) is 0 Å². The summed E-state index contributed by atoms with van der Waals surface area (Å²) in [6.07, 6.45) is -0.481. The quantitative estimate of drug-likeness (QED) is 0.840. The van der Waals surface area contributed by atoms with E-state index >= 15 is 0 Å². The molecular weight excluding hydrogens is 324 g/mol. The van der Waals surface area contributed by atoms with Crippen LogP contribution in [-0.2, 0) is 10.8 Å². The van der Waals surface area contributed by atoms with Gasteiger partial charge in [0.05, 0.1) is 12.7 Å². The van der Waals surface area contributed by atoms with Crippen LogP contribution in [0.2, 0.25) is 0 Å². The Morgan fingerprint density at radius 2 is 1.54 bits per heavy atom. The first-order valence-electron chi connectivity index (χ1n) is 9.97. The highest BCUT2D eigenvalue weighted by atomic mass is 16.5. The number of β-amino-alcohol motifs (C(OH)–C–C–N with tert-alkyl or cyclic N) is 1. The molecule has 4 nitrogen and oxygen atoms in total. The van der Waals surface area contributed by atoms with Gasteiger partial charge in [0, 0.05) is 43.9 Å². The minimum Gasteiger partial charge on any atom is -0.493 e. The summed E-state index contributed by atoms with van der Waals surface area (Å²) >= 11 is 0. The maximum atomic E-state index is 11.0. The molecule has 0 amide bonds. The summed E-state index contributed by atoms with van der Waals surface area (Å²) < 4.78 is 6.11. The van der Waals surface area contributed by atoms with Gasteiger partial charge in [0.1, 0.15) is 5.75 Å². The molecular formula is C22H38N2O2. The van der Waals surface area contributed by atoms with Crippen molar-refractivity contribution >= 4 is 0 Å². The molecule has 2 N–H and O–H groups in total. The van der Waals surface area contributed by atoms with E-state index in [9.17, 15) is 5.11 Å². The fourth-order valence-electron chi connectivity index (χ4n) is 3.50. The number of aliphatic hydroxyl groups excluding tert-OH is 1. The van der Waals surface area contributed by atoms with Gasteiger partial charge in [-0.15, -0.1) is 0 Å². The Morgan fingerprint density at radius 1 is 1.04 bits per heavy atom. The lowest BCUT2D eigenvalue weighted by atomic mass is 9.78. The first-order valence-corrected chi connectivity index (χ1v) is 9.97. The van der Waals surface area contributed by atoms with Crippen molar-refractivity contribution in [3.8, 4) is 5.75 Å². The molecule has 1 heterocycles. The van der Waals surface area contributed by atoms with Crippen molar-refractivity contribution in [3.05, 3.63) is 28.8 Å². The zero-order chi connectivity index (χ0) is 19.5. The second-order valence-corrected chi connectivity index (χ2v) is 9.44. The molecule has 1 aromatic carbocycles. The van der Waals surface area contributed by atoms with Gasteiger partial charge in [0.25, 0.3) is 0 Å². The molecule has 0 saturated carbocycles. The third-order valence-electron chi connectivity index (χ3n) is 5.04. The molecule has 0 aliphatic carbocycles. The number of piperazine rings is 1. The Balaban J connectivity index is 2.45. The van der Waals surface area contributed by atoms with Gasteiger partial charge in [-0.3, -0.25) is 4.90 Å². The molecule has 1 aliphatic heterocycles. The molecule has 0 bridgehead atoms. The average molecular weight is 363 g/mol. The van der Waals surface area contributed by atoms with E-state index in [-0.39, 0.29) is 10.8 Å². The molecule has 1 saturated heterocycles. The number of hydrogen-bond donors (Lipinski definition) is 2. The van der Waals surface area contributed by atoms with Crippen molar-refractivity contribution in [2.45, 2.75) is 65.4 Å². The van der Waals surface area contributed by atoms with Gasteiger partial charge >= 0.3 is 0 Å². The van der Waals surface area contributed by atoms with Crippen molar-refractivity contribution in [2.24, 2.45) is 0 Å². The largest absolute Gasteiger partial charge is 0.493 e. The van der Waals surface area contributed by atoms with Gasteiger partial charge in [-0.05, 0) is 35.4 Å². The van der Waals surface area contributed by atoms with Crippen LogP contribution < -0.4 is 10.1 Å².